The van der Waals surface area contributed by atoms with E-state index in [0.717, 1.165) is 6.42 Å². The third-order valence-corrected chi connectivity index (χ3v) is 10.9. The first-order valence-corrected chi connectivity index (χ1v) is 15.4. The van der Waals surface area contributed by atoms with E-state index in [0.29, 0.717) is 6.04 Å². The Morgan fingerprint density at radius 3 is 1.90 bits per heavy atom. The van der Waals surface area contributed by atoms with Gasteiger partial charge in [0.1, 0.15) is 0 Å². The highest BCUT2D eigenvalue weighted by Gasteiger charge is 2.27. The van der Waals surface area contributed by atoms with Crippen LogP contribution >= 0.6 is 23.5 Å². The molecule has 2 aromatic heterocycles. The minimum atomic E-state index is 0.336. The van der Waals surface area contributed by atoms with Crippen LogP contribution in [0, 0.1) is 0 Å². The van der Waals surface area contributed by atoms with E-state index in [-0.39, 0.29) is 0 Å². The second-order valence-corrected chi connectivity index (χ2v) is 12.6. The van der Waals surface area contributed by atoms with Gasteiger partial charge in [0.2, 0.25) is 0 Å². The molecule has 1 aliphatic carbocycles. The number of hydrogen-bond donors (Lipinski definition) is 0. The highest BCUT2D eigenvalue weighted by Crippen LogP contribution is 2.56. The van der Waals surface area contributed by atoms with E-state index in [9.17, 15) is 0 Å². The van der Waals surface area contributed by atoms with Crippen LogP contribution in [0.25, 0.3) is 49.3 Å². The molecule has 40 heavy (non-hydrogen) atoms. The maximum atomic E-state index is 2.54. The predicted octanol–water partition coefficient (Wildman–Crippen LogP) is 10.6. The van der Waals surface area contributed by atoms with Gasteiger partial charge in [-0.25, -0.2) is 0 Å². The van der Waals surface area contributed by atoms with E-state index in [4.69, 9.17) is 0 Å². The van der Waals surface area contributed by atoms with Crippen LogP contribution in [0.3, 0.4) is 0 Å². The Bertz CT molecular complexity index is 2200. The molecule has 9 rings (SSSR count). The van der Waals surface area contributed by atoms with Crippen LogP contribution in [0.1, 0.15) is 12.5 Å². The van der Waals surface area contributed by atoms with Gasteiger partial charge in [0.15, 0.2) is 0 Å². The first-order valence-electron chi connectivity index (χ1n) is 13.7. The van der Waals surface area contributed by atoms with Gasteiger partial charge in [-0.15, -0.1) is 0 Å². The zero-order valence-electron chi connectivity index (χ0n) is 21.6. The van der Waals surface area contributed by atoms with Gasteiger partial charge < -0.3 is 9.13 Å². The predicted molar refractivity (Wildman–Crippen MR) is 170 cm³/mol. The van der Waals surface area contributed by atoms with Crippen LogP contribution in [-0.2, 0) is 0 Å². The van der Waals surface area contributed by atoms with Crippen LogP contribution in [0.15, 0.2) is 147 Å². The third kappa shape index (κ3) is 3.15. The minimum absolute atomic E-state index is 0.336. The highest BCUT2D eigenvalue weighted by atomic mass is 32.2. The fourth-order valence-electron chi connectivity index (χ4n) is 6.60. The SMILES string of the molecule is C1=CCC(n2c3ccccc3c3c4c(ccc32)Sc2c(ccc3c2c2ccccc2n3-c2ccccc2)S4)C=C1. The number of hydrogen-bond acceptors (Lipinski definition) is 2. The standard InChI is InChI=1S/C36H24N2S2/c1-3-11-23(12-4-1)37-27-17-9-7-15-25(27)33-29(37)19-21-31-35(33)39-32-22-20-30-34(36(32)40-31)26-16-8-10-18-28(26)38(30)24-13-5-2-6-14-24/h1-13,15-22,24H,14H2. The van der Waals surface area contributed by atoms with Gasteiger partial charge >= 0.3 is 0 Å². The molecule has 190 valence electrons. The first-order chi connectivity index (χ1) is 19.9. The van der Waals surface area contributed by atoms with Gasteiger partial charge in [-0.05, 0) is 55.0 Å². The second kappa shape index (κ2) is 8.69. The molecule has 5 aromatic carbocycles. The average molecular weight is 549 g/mol. The maximum absolute atomic E-state index is 2.54. The zero-order valence-corrected chi connectivity index (χ0v) is 23.3. The summed E-state index contributed by atoms with van der Waals surface area (Å²) < 4.78 is 4.96. The van der Waals surface area contributed by atoms with Crippen molar-refractivity contribution < 1.29 is 0 Å². The van der Waals surface area contributed by atoms with Crippen molar-refractivity contribution in [2.45, 2.75) is 32.0 Å². The molecule has 3 heterocycles. The lowest BCUT2D eigenvalue weighted by Gasteiger charge is -2.22. The van der Waals surface area contributed by atoms with Gasteiger partial charge in [0.05, 0.1) is 22.6 Å². The van der Waals surface area contributed by atoms with Crippen molar-refractivity contribution in [1.29, 1.82) is 0 Å². The summed E-state index contributed by atoms with van der Waals surface area (Å²) in [5.74, 6) is 0. The molecular formula is C36H24N2S2. The highest BCUT2D eigenvalue weighted by molar-refractivity contribution is 8.05. The smallest absolute Gasteiger partial charge is 0.0560 e. The lowest BCUT2D eigenvalue weighted by molar-refractivity contribution is 0.647. The molecule has 0 amide bonds. The Balaban J connectivity index is 1.29. The number of rotatable bonds is 2. The molecule has 1 unspecified atom stereocenters. The number of aromatic nitrogens is 2. The summed E-state index contributed by atoms with van der Waals surface area (Å²) in [7, 11) is 0. The van der Waals surface area contributed by atoms with Crippen molar-refractivity contribution in [3.63, 3.8) is 0 Å². The number of allylic oxidation sites excluding steroid dienone is 4. The van der Waals surface area contributed by atoms with Crippen molar-refractivity contribution in [3.8, 4) is 5.69 Å². The number of nitrogens with zero attached hydrogens (tertiary/aromatic N) is 2. The number of para-hydroxylation sites is 3. The summed E-state index contributed by atoms with van der Waals surface area (Å²) in [5.41, 5.74) is 6.35. The molecule has 0 fully saturated rings. The van der Waals surface area contributed by atoms with Gasteiger partial charge in [0, 0.05) is 52.3 Å². The number of benzene rings is 5. The average Bonchev–Trinajstić information content (AvgIpc) is 3.54. The Morgan fingerprint density at radius 2 is 1.18 bits per heavy atom. The van der Waals surface area contributed by atoms with Gasteiger partial charge in [-0.3, -0.25) is 0 Å². The third-order valence-electron chi connectivity index (χ3n) is 8.27. The van der Waals surface area contributed by atoms with E-state index >= 15 is 0 Å². The van der Waals surface area contributed by atoms with Gasteiger partial charge in [0.25, 0.3) is 0 Å². The van der Waals surface area contributed by atoms with E-state index in [2.05, 4.69) is 137 Å². The molecule has 1 atom stereocenters. The van der Waals surface area contributed by atoms with Crippen LogP contribution in [0.5, 0.6) is 0 Å². The van der Waals surface area contributed by atoms with Crippen molar-refractivity contribution >= 4 is 67.1 Å². The zero-order chi connectivity index (χ0) is 26.2. The molecule has 1 aliphatic heterocycles. The minimum Gasteiger partial charge on any atom is -0.333 e. The van der Waals surface area contributed by atoms with Crippen molar-refractivity contribution in [3.05, 3.63) is 127 Å². The Kier molecular flexibility index (Phi) is 4.92. The summed E-state index contributed by atoms with van der Waals surface area (Å²) in [6.45, 7) is 0. The van der Waals surface area contributed by atoms with Crippen molar-refractivity contribution in [2.75, 3.05) is 0 Å². The normalized spacial score (nSPS) is 16.2. The molecule has 2 aliphatic rings. The monoisotopic (exact) mass is 548 g/mol. The molecule has 7 aromatic rings. The summed E-state index contributed by atoms with van der Waals surface area (Å²) in [5, 5.41) is 5.38. The van der Waals surface area contributed by atoms with E-state index in [1.165, 1.54) is 68.9 Å². The van der Waals surface area contributed by atoms with E-state index in [1.807, 2.05) is 23.5 Å². The van der Waals surface area contributed by atoms with Crippen LogP contribution in [0.2, 0.25) is 0 Å². The second-order valence-electron chi connectivity index (χ2n) is 10.5. The van der Waals surface area contributed by atoms with Crippen LogP contribution in [-0.4, -0.2) is 9.13 Å². The molecule has 0 bridgehead atoms. The Labute approximate surface area is 240 Å². The summed E-state index contributed by atoms with van der Waals surface area (Å²) in [6, 6.07) is 38.2. The Hall–Kier alpha value is -4.12. The van der Waals surface area contributed by atoms with Crippen LogP contribution in [0.4, 0.5) is 0 Å². The lowest BCUT2D eigenvalue weighted by atomic mass is 10.1. The van der Waals surface area contributed by atoms with E-state index < -0.39 is 0 Å². The fraction of sp³-hybridized carbons (Fsp3) is 0.0556. The van der Waals surface area contributed by atoms with Gasteiger partial charge in [-0.1, -0.05) is 102 Å². The molecule has 4 heteroatoms. The summed E-state index contributed by atoms with van der Waals surface area (Å²) in [6.07, 6.45) is 9.98. The largest absolute Gasteiger partial charge is 0.333 e. The molecule has 0 N–H and O–H groups in total. The first kappa shape index (κ1) is 22.7. The molecule has 0 saturated heterocycles. The molecule has 2 nitrogen and oxygen atoms in total. The quantitative estimate of drug-likeness (QED) is 0.213. The summed E-state index contributed by atoms with van der Waals surface area (Å²) in [4.78, 5) is 5.43. The van der Waals surface area contributed by atoms with Gasteiger partial charge in [-0.2, -0.15) is 0 Å². The van der Waals surface area contributed by atoms with Crippen molar-refractivity contribution in [2.24, 2.45) is 0 Å². The fourth-order valence-corrected chi connectivity index (χ4v) is 9.18. The molecule has 0 saturated carbocycles. The summed E-state index contributed by atoms with van der Waals surface area (Å²) >= 11 is 3.87. The van der Waals surface area contributed by atoms with E-state index in [1.54, 1.807) is 0 Å². The molecule has 0 spiro atoms. The lowest BCUT2D eigenvalue weighted by Crippen LogP contribution is -2.06. The maximum Gasteiger partial charge on any atom is 0.0560 e. The van der Waals surface area contributed by atoms with Crippen molar-refractivity contribution in [1.82, 2.24) is 9.13 Å². The molecule has 0 radical (unpaired) electrons. The van der Waals surface area contributed by atoms with Crippen LogP contribution < -0.4 is 0 Å². The molecular weight excluding hydrogens is 525 g/mol. The topological polar surface area (TPSA) is 9.86 Å². The Morgan fingerprint density at radius 1 is 0.550 bits per heavy atom. The number of fused-ring (bicyclic) bond motifs is 10.